The Bertz CT molecular complexity index is 497. The van der Waals surface area contributed by atoms with E-state index >= 15 is 0 Å². The Morgan fingerprint density at radius 2 is 1.57 bits per heavy atom. The van der Waals surface area contributed by atoms with Crippen molar-refractivity contribution in [3.63, 3.8) is 0 Å². The molecule has 0 bridgehead atoms. The second-order valence-corrected chi connectivity index (χ2v) is 6.49. The maximum absolute atomic E-state index is 12.6. The molecule has 1 fully saturated rings. The number of rotatable bonds is 3. The van der Waals surface area contributed by atoms with Crippen molar-refractivity contribution in [3.05, 3.63) is 32.8 Å². The van der Waals surface area contributed by atoms with Crippen LogP contribution >= 0.6 is 34.8 Å². The van der Waals surface area contributed by atoms with Crippen LogP contribution in [0, 0.1) is 5.92 Å². The first-order chi connectivity index (χ1) is 9.79. The summed E-state index contributed by atoms with van der Waals surface area (Å²) >= 11 is 18.1. The minimum absolute atomic E-state index is 0.0507. The normalized spacial score (nSPS) is 23.3. The average Bonchev–Trinajstić information content (AvgIpc) is 2.43. The van der Waals surface area contributed by atoms with Crippen LogP contribution in [0.15, 0.2) is 12.1 Å². The topological polar surface area (TPSA) is 12.0 Å². The second kappa shape index (κ2) is 6.95. The Balaban J connectivity index is 1.90. The Morgan fingerprint density at radius 3 is 2.14 bits per heavy atom. The lowest BCUT2D eigenvalue weighted by Gasteiger charge is -2.30. The van der Waals surface area contributed by atoms with Gasteiger partial charge in [0.1, 0.15) is 0 Å². The van der Waals surface area contributed by atoms with E-state index in [4.69, 9.17) is 34.8 Å². The van der Waals surface area contributed by atoms with Crippen LogP contribution in [-0.4, -0.2) is 12.2 Å². The van der Waals surface area contributed by atoms with E-state index in [9.17, 15) is 13.2 Å². The van der Waals surface area contributed by atoms with E-state index in [1.807, 2.05) is 0 Å². The van der Waals surface area contributed by atoms with Crippen LogP contribution in [0.4, 0.5) is 13.2 Å². The lowest BCUT2D eigenvalue weighted by atomic mass is 9.85. The maximum atomic E-state index is 12.6. The van der Waals surface area contributed by atoms with Crippen LogP contribution in [-0.2, 0) is 6.54 Å². The van der Waals surface area contributed by atoms with E-state index in [0.717, 1.165) is 0 Å². The van der Waals surface area contributed by atoms with Gasteiger partial charge in [-0.25, -0.2) is 0 Å². The number of alkyl halides is 3. The molecule has 7 heteroatoms. The Labute approximate surface area is 136 Å². The van der Waals surface area contributed by atoms with Gasteiger partial charge in [0.05, 0.1) is 16.0 Å². The molecular weight excluding hydrogens is 346 g/mol. The van der Waals surface area contributed by atoms with Crippen molar-refractivity contribution in [1.82, 2.24) is 5.32 Å². The zero-order valence-corrected chi connectivity index (χ0v) is 13.4. The predicted octanol–water partition coefficient (Wildman–Crippen LogP) is 5.86. The number of hydrogen-bond acceptors (Lipinski definition) is 1. The van der Waals surface area contributed by atoms with Crippen molar-refractivity contribution in [3.8, 4) is 0 Å². The monoisotopic (exact) mass is 359 g/mol. The molecule has 0 atom stereocenters. The number of halogens is 6. The molecule has 0 spiro atoms. The molecule has 1 aromatic carbocycles. The van der Waals surface area contributed by atoms with E-state index in [1.165, 1.54) is 0 Å². The van der Waals surface area contributed by atoms with Gasteiger partial charge in [-0.2, -0.15) is 13.2 Å². The van der Waals surface area contributed by atoms with Gasteiger partial charge in [0, 0.05) is 23.2 Å². The molecule has 118 valence electrons. The SMILES string of the molecule is FC(F)(F)C1CCC(NCc2c(Cl)ccc(Cl)c2Cl)CC1. The zero-order valence-electron chi connectivity index (χ0n) is 11.1. The quantitative estimate of drug-likeness (QED) is 0.666. The number of benzene rings is 1. The largest absolute Gasteiger partial charge is 0.391 e. The number of nitrogens with one attached hydrogen (secondary N) is 1. The minimum atomic E-state index is -4.08. The molecule has 0 aliphatic heterocycles. The third-order valence-electron chi connectivity index (χ3n) is 3.90. The predicted molar refractivity (Wildman–Crippen MR) is 80.1 cm³/mol. The molecular formula is C14H15Cl3F3N. The van der Waals surface area contributed by atoms with E-state index in [2.05, 4.69) is 5.32 Å². The lowest BCUT2D eigenvalue weighted by Crippen LogP contribution is -2.36. The van der Waals surface area contributed by atoms with Gasteiger partial charge in [-0.15, -0.1) is 0 Å². The van der Waals surface area contributed by atoms with Crippen LogP contribution in [0.25, 0.3) is 0 Å². The molecule has 1 saturated carbocycles. The second-order valence-electron chi connectivity index (χ2n) is 5.29. The van der Waals surface area contributed by atoms with Gasteiger partial charge >= 0.3 is 6.18 Å². The van der Waals surface area contributed by atoms with Crippen LogP contribution in [0.5, 0.6) is 0 Å². The Morgan fingerprint density at radius 1 is 1.00 bits per heavy atom. The smallest absolute Gasteiger partial charge is 0.310 e. The van der Waals surface area contributed by atoms with Gasteiger partial charge in [-0.1, -0.05) is 34.8 Å². The molecule has 1 N–H and O–H groups in total. The van der Waals surface area contributed by atoms with Gasteiger partial charge in [-0.3, -0.25) is 0 Å². The Kier molecular flexibility index (Phi) is 5.69. The molecule has 1 nitrogen and oxygen atoms in total. The van der Waals surface area contributed by atoms with Gasteiger partial charge in [-0.05, 0) is 37.8 Å². The highest BCUT2D eigenvalue weighted by atomic mass is 35.5. The van der Waals surface area contributed by atoms with Crippen LogP contribution in [0.1, 0.15) is 31.2 Å². The highest BCUT2D eigenvalue weighted by Gasteiger charge is 2.41. The van der Waals surface area contributed by atoms with E-state index in [1.54, 1.807) is 12.1 Å². The molecule has 0 heterocycles. The average molecular weight is 361 g/mol. The van der Waals surface area contributed by atoms with E-state index in [-0.39, 0.29) is 18.9 Å². The minimum Gasteiger partial charge on any atom is -0.310 e. The third-order valence-corrected chi connectivity index (χ3v) is 5.09. The van der Waals surface area contributed by atoms with Crippen LogP contribution in [0.3, 0.4) is 0 Å². The summed E-state index contributed by atoms with van der Waals surface area (Å²) in [5, 5.41) is 4.53. The van der Waals surface area contributed by atoms with Crippen molar-refractivity contribution in [2.24, 2.45) is 5.92 Å². The maximum Gasteiger partial charge on any atom is 0.391 e. The number of hydrogen-bond donors (Lipinski definition) is 1. The van der Waals surface area contributed by atoms with E-state index < -0.39 is 12.1 Å². The van der Waals surface area contributed by atoms with Crippen molar-refractivity contribution in [2.75, 3.05) is 0 Å². The fraction of sp³-hybridized carbons (Fsp3) is 0.571. The first-order valence-electron chi connectivity index (χ1n) is 6.71. The molecule has 1 aromatic rings. The van der Waals surface area contributed by atoms with Gasteiger partial charge < -0.3 is 5.32 Å². The van der Waals surface area contributed by atoms with Crippen molar-refractivity contribution in [1.29, 1.82) is 0 Å². The summed E-state index contributed by atoms with van der Waals surface area (Å²) in [6.07, 6.45) is -2.75. The Hall–Kier alpha value is -0.160. The van der Waals surface area contributed by atoms with Gasteiger partial charge in [0.2, 0.25) is 0 Å². The highest BCUT2D eigenvalue weighted by Crippen LogP contribution is 2.38. The third kappa shape index (κ3) is 4.41. The molecule has 21 heavy (non-hydrogen) atoms. The molecule has 0 saturated heterocycles. The molecule has 0 radical (unpaired) electrons. The summed E-state index contributed by atoms with van der Waals surface area (Å²) in [6.45, 7) is 0.402. The first-order valence-corrected chi connectivity index (χ1v) is 7.85. The molecule has 0 unspecified atom stereocenters. The van der Waals surface area contributed by atoms with Crippen molar-refractivity contribution in [2.45, 2.75) is 44.4 Å². The lowest BCUT2D eigenvalue weighted by molar-refractivity contribution is -0.182. The van der Waals surface area contributed by atoms with Gasteiger partial charge in [0.25, 0.3) is 0 Å². The summed E-state index contributed by atoms with van der Waals surface area (Å²) in [6, 6.07) is 3.33. The highest BCUT2D eigenvalue weighted by molar-refractivity contribution is 6.44. The fourth-order valence-corrected chi connectivity index (χ4v) is 3.28. The molecule has 1 aliphatic rings. The summed E-state index contributed by atoms with van der Waals surface area (Å²) in [4.78, 5) is 0. The standard InChI is InChI=1S/C14H15Cl3F3N/c15-11-5-6-12(16)13(17)10(11)7-21-9-3-1-8(2-4-9)14(18,19)20/h5-6,8-9,21H,1-4,7H2. The van der Waals surface area contributed by atoms with Crippen LogP contribution < -0.4 is 5.32 Å². The van der Waals surface area contributed by atoms with Crippen molar-refractivity contribution < 1.29 is 13.2 Å². The summed E-state index contributed by atoms with van der Waals surface area (Å²) in [5.74, 6) is -1.17. The van der Waals surface area contributed by atoms with Crippen molar-refractivity contribution >= 4 is 34.8 Å². The first kappa shape index (κ1) is 17.2. The zero-order chi connectivity index (χ0) is 15.6. The van der Waals surface area contributed by atoms with Gasteiger partial charge in [0.15, 0.2) is 0 Å². The molecule has 2 rings (SSSR count). The molecule has 0 amide bonds. The van der Waals surface area contributed by atoms with Crippen LogP contribution in [0.2, 0.25) is 15.1 Å². The fourth-order valence-electron chi connectivity index (χ4n) is 2.60. The van der Waals surface area contributed by atoms with E-state index in [0.29, 0.717) is 40.0 Å². The molecule has 1 aliphatic carbocycles. The summed E-state index contributed by atoms with van der Waals surface area (Å²) in [7, 11) is 0. The summed E-state index contributed by atoms with van der Waals surface area (Å²) < 4.78 is 37.8. The summed E-state index contributed by atoms with van der Waals surface area (Å²) in [5.41, 5.74) is 0.684. The molecule has 0 aromatic heterocycles.